The van der Waals surface area contributed by atoms with Crippen LogP contribution in [0.15, 0.2) is 0 Å². The molecule has 1 fully saturated rings. The predicted octanol–water partition coefficient (Wildman–Crippen LogP) is 0.945. The van der Waals surface area contributed by atoms with Gasteiger partial charge in [0.05, 0.1) is 0 Å². The van der Waals surface area contributed by atoms with Crippen molar-refractivity contribution in [2.24, 2.45) is 0 Å². The van der Waals surface area contributed by atoms with E-state index in [1.807, 2.05) is 0 Å². The molecule has 114 valence electrons. The maximum atomic E-state index is 3.42. The number of rotatable bonds is 10. The molecule has 4 nitrogen and oxygen atoms in total. The van der Waals surface area contributed by atoms with E-state index in [1.54, 1.807) is 0 Å². The molecular weight excluding hydrogens is 236 g/mol. The second-order valence-corrected chi connectivity index (χ2v) is 5.41. The molecule has 19 heavy (non-hydrogen) atoms. The maximum Gasteiger partial charge on any atom is 0.0110 e. The average Bonchev–Trinajstić information content (AvgIpc) is 2.48. The van der Waals surface area contributed by atoms with E-state index in [2.05, 4.69) is 40.8 Å². The second-order valence-electron chi connectivity index (χ2n) is 5.41. The predicted molar refractivity (Wildman–Crippen MR) is 83.8 cm³/mol. The second kappa shape index (κ2) is 10.6. The molecule has 4 heteroatoms. The number of nitrogens with one attached hydrogen (secondary N) is 1. The van der Waals surface area contributed by atoms with Gasteiger partial charge < -0.3 is 15.1 Å². The van der Waals surface area contributed by atoms with Gasteiger partial charge >= 0.3 is 0 Å². The standard InChI is InChI=1S/C15H34N4/c1-4-17(5-2)10-7-11-18(6-3)14-15-19-12-8-16-9-13-19/h16H,4-15H2,1-3H3. The summed E-state index contributed by atoms with van der Waals surface area (Å²) >= 11 is 0. The molecule has 1 heterocycles. The smallest absolute Gasteiger partial charge is 0.0110 e. The van der Waals surface area contributed by atoms with Gasteiger partial charge in [-0.3, -0.25) is 4.90 Å². The molecule has 0 aromatic heterocycles. The van der Waals surface area contributed by atoms with Gasteiger partial charge in [-0.15, -0.1) is 0 Å². The fourth-order valence-electron chi connectivity index (χ4n) is 2.70. The van der Waals surface area contributed by atoms with Gasteiger partial charge in [0.1, 0.15) is 0 Å². The summed E-state index contributed by atoms with van der Waals surface area (Å²) in [5.74, 6) is 0. The molecule has 0 aliphatic carbocycles. The van der Waals surface area contributed by atoms with Gasteiger partial charge in [-0.1, -0.05) is 20.8 Å². The third kappa shape index (κ3) is 7.25. The Bertz CT molecular complexity index is 200. The Morgan fingerprint density at radius 2 is 1.42 bits per heavy atom. The van der Waals surface area contributed by atoms with E-state index < -0.39 is 0 Å². The number of hydrogen-bond donors (Lipinski definition) is 1. The highest BCUT2D eigenvalue weighted by atomic mass is 15.2. The molecule has 0 spiro atoms. The van der Waals surface area contributed by atoms with E-state index in [9.17, 15) is 0 Å². The SMILES string of the molecule is CCN(CC)CCCN(CC)CCN1CCNCC1. The van der Waals surface area contributed by atoms with Crippen LogP contribution in [0.5, 0.6) is 0 Å². The Labute approximate surface area is 120 Å². The molecule has 0 unspecified atom stereocenters. The molecule has 0 aromatic rings. The fourth-order valence-corrected chi connectivity index (χ4v) is 2.70. The summed E-state index contributed by atoms with van der Waals surface area (Å²) in [7, 11) is 0. The first-order chi connectivity index (χ1) is 9.30. The number of nitrogens with zero attached hydrogens (tertiary/aromatic N) is 3. The minimum absolute atomic E-state index is 1.16. The van der Waals surface area contributed by atoms with Crippen molar-refractivity contribution in [3.05, 3.63) is 0 Å². The zero-order valence-corrected chi connectivity index (χ0v) is 13.3. The van der Waals surface area contributed by atoms with E-state index >= 15 is 0 Å². The van der Waals surface area contributed by atoms with Gasteiger partial charge in [0, 0.05) is 39.3 Å². The molecule has 0 amide bonds. The first kappa shape index (κ1) is 16.9. The Hall–Kier alpha value is -0.160. The molecule has 1 aliphatic rings. The fraction of sp³-hybridized carbons (Fsp3) is 1.00. The molecule has 0 aromatic carbocycles. The van der Waals surface area contributed by atoms with Crippen molar-refractivity contribution in [1.82, 2.24) is 20.0 Å². The number of hydrogen-bond acceptors (Lipinski definition) is 4. The zero-order chi connectivity index (χ0) is 13.9. The van der Waals surface area contributed by atoms with Crippen molar-refractivity contribution in [1.29, 1.82) is 0 Å². The van der Waals surface area contributed by atoms with E-state index in [4.69, 9.17) is 0 Å². The summed E-state index contributed by atoms with van der Waals surface area (Å²) in [5.41, 5.74) is 0. The van der Waals surface area contributed by atoms with Crippen LogP contribution < -0.4 is 5.32 Å². The van der Waals surface area contributed by atoms with Crippen molar-refractivity contribution >= 4 is 0 Å². The Morgan fingerprint density at radius 1 is 0.842 bits per heavy atom. The van der Waals surface area contributed by atoms with Gasteiger partial charge in [-0.2, -0.15) is 0 Å². The molecular formula is C15H34N4. The Balaban J connectivity index is 2.10. The van der Waals surface area contributed by atoms with Gasteiger partial charge in [-0.05, 0) is 39.1 Å². The highest BCUT2D eigenvalue weighted by Crippen LogP contribution is 1.98. The minimum atomic E-state index is 1.16. The Kier molecular flexibility index (Phi) is 9.43. The molecule has 0 saturated carbocycles. The molecule has 1 aliphatic heterocycles. The van der Waals surface area contributed by atoms with Crippen molar-refractivity contribution in [3.8, 4) is 0 Å². The summed E-state index contributed by atoms with van der Waals surface area (Å²) in [6, 6.07) is 0. The third-order valence-electron chi connectivity index (χ3n) is 4.23. The molecule has 0 radical (unpaired) electrons. The lowest BCUT2D eigenvalue weighted by Crippen LogP contribution is -2.46. The normalized spacial score (nSPS) is 17.5. The monoisotopic (exact) mass is 270 g/mol. The van der Waals surface area contributed by atoms with Gasteiger partial charge in [0.15, 0.2) is 0 Å². The van der Waals surface area contributed by atoms with E-state index in [1.165, 1.54) is 65.3 Å². The lowest BCUT2D eigenvalue weighted by atomic mass is 10.3. The number of piperazine rings is 1. The highest BCUT2D eigenvalue weighted by molar-refractivity contribution is 4.69. The van der Waals surface area contributed by atoms with Crippen LogP contribution >= 0.6 is 0 Å². The molecule has 0 bridgehead atoms. The van der Waals surface area contributed by atoms with Crippen molar-refractivity contribution in [3.63, 3.8) is 0 Å². The van der Waals surface area contributed by atoms with Crippen LogP contribution in [-0.2, 0) is 0 Å². The van der Waals surface area contributed by atoms with E-state index in [0.29, 0.717) is 0 Å². The summed E-state index contributed by atoms with van der Waals surface area (Å²) in [5, 5.41) is 3.42. The molecule has 1 N–H and O–H groups in total. The first-order valence-electron chi connectivity index (χ1n) is 8.17. The highest BCUT2D eigenvalue weighted by Gasteiger charge is 2.11. The van der Waals surface area contributed by atoms with Crippen LogP contribution in [-0.4, -0.2) is 86.7 Å². The maximum absolute atomic E-state index is 3.42. The minimum Gasteiger partial charge on any atom is -0.314 e. The van der Waals surface area contributed by atoms with Crippen molar-refractivity contribution in [2.45, 2.75) is 27.2 Å². The zero-order valence-electron chi connectivity index (χ0n) is 13.3. The average molecular weight is 270 g/mol. The van der Waals surface area contributed by atoms with Gasteiger partial charge in [-0.25, -0.2) is 0 Å². The summed E-state index contributed by atoms with van der Waals surface area (Å²) in [4.78, 5) is 7.71. The summed E-state index contributed by atoms with van der Waals surface area (Å²) < 4.78 is 0. The molecule has 1 saturated heterocycles. The van der Waals surface area contributed by atoms with Gasteiger partial charge in [0.2, 0.25) is 0 Å². The van der Waals surface area contributed by atoms with Crippen LogP contribution in [0.3, 0.4) is 0 Å². The first-order valence-corrected chi connectivity index (χ1v) is 8.17. The molecule has 1 rings (SSSR count). The largest absolute Gasteiger partial charge is 0.314 e. The lowest BCUT2D eigenvalue weighted by molar-refractivity contribution is 0.185. The van der Waals surface area contributed by atoms with Crippen LogP contribution in [0.1, 0.15) is 27.2 Å². The van der Waals surface area contributed by atoms with Gasteiger partial charge in [0.25, 0.3) is 0 Å². The lowest BCUT2D eigenvalue weighted by Gasteiger charge is -2.30. The van der Waals surface area contributed by atoms with Crippen LogP contribution in [0.4, 0.5) is 0 Å². The summed E-state index contributed by atoms with van der Waals surface area (Å²) in [6.45, 7) is 20.1. The quantitative estimate of drug-likeness (QED) is 0.638. The topological polar surface area (TPSA) is 21.8 Å². The Morgan fingerprint density at radius 3 is 2.00 bits per heavy atom. The van der Waals surface area contributed by atoms with Crippen molar-refractivity contribution < 1.29 is 0 Å². The van der Waals surface area contributed by atoms with E-state index in [-0.39, 0.29) is 0 Å². The van der Waals surface area contributed by atoms with Crippen LogP contribution in [0.25, 0.3) is 0 Å². The molecule has 0 atom stereocenters. The number of likely N-dealkylation sites (N-methyl/N-ethyl adjacent to an activating group) is 1. The summed E-state index contributed by atoms with van der Waals surface area (Å²) in [6.07, 6.45) is 1.30. The van der Waals surface area contributed by atoms with Crippen LogP contribution in [0, 0.1) is 0 Å². The van der Waals surface area contributed by atoms with E-state index in [0.717, 1.165) is 13.1 Å². The van der Waals surface area contributed by atoms with Crippen LogP contribution in [0.2, 0.25) is 0 Å². The third-order valence-corrected chi connectivity index (χ3v) is 4.23. The van der Waals surface area contributed by atoms with Crippen molar-refractivity contribution in [2.75, 3.05) is 72.0 Å².